The van der Waals surface area contributed by atoms with E-state index >= 15 is 0 Å². The van der Waals surface area contributed by atoms with E-state index in [1.165, 1.54) is 0 Å². The van der Waals surface area contributed by atoms with Gasteiger partial charge in [0.25, 0.3) is 5.91 Å². The predicted molar refractivity (Wildman–Crippen MR) is 108 cm³/mol. The third kappa shape index (κ3) is 4.21. The Kier molecular flexibility index (Phi) is 5.75. The van der Waals surface area contributed by atoms with Crippen molar-refractivity contribution in [2.24, 2.45) is 0 Å². The van der Waals surface area contributed by atoms with Crippen LogP contribution in [0.15, 0.2) is 42.5 Å². The van der Waals surface area contributed by atoms with Crippen molar-refractivity contribution in [2.45, 2.75) is 19.8 Å². The number of fused-ring (bicyclic) bond motifs is 1. The van der Waals surface area contributed by atoms with Gasteiger partial charge >= 0.3 is 0 Å². The molecule has 1 aliphatic heterocycles. The molecule has 28 heavy (non-hydrogen) atoms. The first-order valence-corrected chi connectivity index (χ1v) is 9.10. The molecule has 0 radical (unpaired) electrons. The van der Waals surface area contributed by atoms with Crippen molar-refractivity contribution in [1.82, 2.24) is 5.32 Å². The Balaban J connectivity index is 1.59. The molecule has 0 saturated heterocycles. The minimum atomic E-state index is -0.344. The topological polar surface area (TPSA) is 78.5 Å². The molecule has 3 amide bonds. The molecule has 2 aromatic carbocycles. The number of nitrogens with zero attached hydrogens (tertiary/aromatic N) is 1. The lowest BCUT2D eigenvalue weighted by atomic mass is 10.1. The van der Waals surface area contributed by atoms with E-state index in [1.807, 2.05) is 6.92 Å². The summed E-state index contributed by atoms with van der Waals surface area (Å²) in [5.74, 6) is 1.89. The smallest absolute Gasteiger partial charge is 0.251 e. The minimum Gasteiger partial charge on any atom is -0.343 e. The lowest BCUT2D eigenvalue weighted by Crippen LogP contribution is -2.33. The molecule has 2 aromatic rings. The zero-order chi connectivity index (χ0) is 20.1. The first-order chi connectivity index (χ1) is 13.5. The maximum atomic E-state index is 12.4. The fourth-order valence-corrected chi connectivity index (χ4v) is 3.15. The molecule has 3 rings (SSSR count). The predicted octanol–water partition coefficient (Wildman–Crippen LogP) is 2.34. The molecule has 142 valence electrons. The van der Waals surface area contributed by atoms with Gasteiger partial charge in [-0.15, -0.1) is 6.42 Å². The number of terminal acetylenes is 1. The number of carbonyl (C=O) groups excluding carboxylic acids is 3. The Hall–Kier alpha value is -3.59. The average Bonchev–Trinajstić information content (AvgIpc) is 3.14. The summed E-state index contributed by atoms with van der Waals surface area (Å²) in [6.45, 7) is 2.30. The minimum absolute atomic E-state index is 0.0709. The number of rotatable bonds is 5. The Labute approximate surface area is 163 Å². The molecular weight excluding hydrogens is 354 g/mol. The summed E-state index contributed by atoms with van der Waals surface area (Å²) >= 11 is 0. The zero-order valence-electron chi connectivity index (χ0n) is 15.6. The molecular formula is C22H21N3O3. The van der Waals surface area contributed by atoms with E-state index in [9.17, 15) is 14.4 Å². The summed E-state index contributed by atoms with van der Waals surface area (Å²) in [6, 6.07) is 12.2. The maximum Gasteiger partial charge on any atom is 0.251 e. The molecule has 1 aliphatic rings. The van der Waals surface area contributed by atoms with Crippen LogP contribution in [0.25, 0.3) is 0 Å². The van der Waals surface area contributed by atoms with Crippen LogP contribution in [-0.4, -0.2) is 30.8 Å². The second-order valence-electron chi connectivity index (χ2n) is 6.45. The fourth-order valence-electron chi connectivity index (χ4n) is 3.15. The zero-order valence-corrected chi connectivity index (χ0v) is 15.6. The highest BCUT2D eigenvalue weighted by Gasteiger charge is 2.24. The third-order valence-electron chi connectivity index (χ3n) is 4.56. The van der Waals surface area contributed by atoms with E-state index < -0.39 is 0 Å². The van der Waals surface area contributed by atoms with Gasteiger partial charge in [0.1, 0.15) is 0 Å². The Bertz CT molecular complexity index is 975. The van der Waals surface area contributed by atoms with Crippen molar-refractivity contribution in [3.63, 3.8) is 0 Å². The van der Waals surface area contributed by atoms with Gasteiger partial charge in [-0.1, -0.05) is 18.9 Å². The first kappa shape index (κ1) is 19.2. The summed E-state index contributed by atoms with van der Waals surface area (Å²) in [5.41, 5.74) is 3.52. The van der Waals surface area contributed by atoms with Gasteiger partial charge in [0.15, 0.2) is 0 Å². The molecule has 0 fully saturated rings. The van der Waals surface area contributed by atoms with Gasteiger partial charge < -0.3 is 15.5 Å². The molecule has 2 N–H and O–H groups in total. The van der Waals surface area contributed by atoms with E-state index in [1.54, 1.807) is 47.4 Å². The number of anilines is 2. The van der Waals surface area contributed by atoms with E-state index in [-0.39, 0.29) is 24.3 Å². The number of hydrogen-bond acceptors (Lipinski definition) is 3. The molecule has 0 saturated carbocycles. The molecule has 0 unspecified atom stereocenters. The summed E-state index contributed by atoms with van der Waals surface area (Å²) < 4.78 is 0. The second-order valence-corrected chi connectivity index (χ2v) is 6.45. The lowest BCUT2D eigenvalue weighted by molar-refractivity contribution is -0.118. The number of amides is 3. The van der Waals surface area contributed by atoms with Crippen LogP contribution < -0.4 is 15.5 Å². The van der Waals surface area contributed by atoms with E-state index in [2.05, 4.69) is 16.6 Å². The van der Waals surface area contributed by atoms with Gasteiger partial charge in [-0.2, -0.15) is 0 Å². The molecule has 6 heteroatoms. The van der Waals surface area contributed by atoms with E-state index in [4.69, 9.17) is 6.42 Å². The van der Waals surface area contributed by atoms with Gasteiger partial charge in [-0.25, -0.2) is 0 Å². The third-order valence-corrected chi connectivity index (χ3v) is 4.56. The van der Waals surface area contributed by atoms with Gasteiger partial charge in [-0.05, 0) is 48.4 Å². The van der Waals surface area contributed by atoms with Gasteiger partial charge in [0, 0.05) is 35.5 Å². The van der Waals surface area contributed by atoms with Crippen LogP contribution in [0, 0.1) is 12.3 Å². The molecule has 6 nitrogen and oxygen atoms in total. The van der Waals surface area contributed by atoms with Gasteiger partial charge in [0.2, 0.25) is 11.8 Å². The van der Waals surface area contributed by atoms with Crippen LogP contribution in [0.2, 0.25) is 0 Å². The molecule has 0 aliphatic carbocycles. The normalized spacial score (nSPS) is 12.1. The first-order valence-electron chi connectivity index (χ1n) is 9.10. The summed E-state index contributed by atoms with van der Waals surface area (Å²) in [5, 5.41) is 5.31. The SMILES string of the molecule is C#Cc1cccc(NC(=O)CNC(=O)c2ccc3c(c2)CCN3C(=O)CC)c1. The van der Waals surface area contributed by atoms with Crippen molar-refractivity contribution < 1.29 is 14.4 Å². The monoisotopic (exact) mass is 375 g/mol. The van der Waals surface area contributed by atoms with Crippen molar-refractivity contribution in [2.75, 3.05) is 23.3 Å². The summed E-state index contributed by atoms with van der Waals surface area (Å²) in [4.78, 5) is 38.1. The second kappa shape index (κ2) is 8.40. The molecule has 0 atom stereocenters. The van der Waals surface area contributed by atoms with Crippen molar-refractivity contribution in [3.8, 4) is 12.3 Å². The highest BCUT2D eigenvalue weighted by Crippen LogP contribution is 2.29. The van der Waals surface area contributed by atoms with Crippen molar-refractivity contribution >= 4 is 29.1 Å². The van der Waals surface area contributed by atoms with E-state index in [0.717, 1.165) is 11.3 Å². The van der Waals surface area contributed by atoms with Crippen LogP contribution in [0.3, 0.4) is 0 Å². The summed E-state index contributed by atoms with van der Waals surface area (Å²) in [7, 11) is 0. The standard InChI is InChI=1S/C22H21N3O3/c1-3-15-6-5-7-18(12-15)24-20(26)14-23-22(28)17-8-9-19-16(13-17)10-11-25(19)21(27)4-2/h1,5-9,12-13H,4,10-11,14H2,2H3,(H,23,28)(H,24,26). The van der Waals surface area contributed by atoms with E-state index in [0.29, 0.717) is 36.2 Å². The molecule has 0 bridgehead atoms. The van der Waals surface area contributed by atoms with Crippen LogP contribution >= 0.6 is 0 Å². The van der Waals surface area contributed by atoms with Crippen LogP contribution in [0.5, 0.6) is 0 Å². The maximum absolute atomic E-state index is 12.4. The van der Waals surface area contributed by atoms with Crippen LogP contribution in [0.4, 0.5) is 11.4 Å². The fraction of sp³-hybridized carbons (Fsp3) is 0.227. The molecule has 1 heterocycles. The number of nitrogens with one attached hydrogen (secondary N) is 2. The van der Waals surface area contributed by atoms with Crippen molar-refractivity contribution in [1.29, 1.82) is 0 Å². The highest BCUT2D eigenvalue weighted by molar-refractivity contribution is 6.01. The quantitative estimate of drug-likeness (QED) is 0.788. The largest absolute Gasteiger partial charge is 0.343 e. The molecule has 0 spiro atoms. The Morgan fingerprint density at radius 1 is 1.18 bits per heavy atom. The molecule has 0 aromatic heterocycles. The van der Waals surface area contributed by atoms with Gasteiger partial charge in [0.05, 0.1) is 6.54 Å². The lowest BCUT2D eigenvalue weighted by Gasteiger charge is -2.16. The highest BCUT2D eigenvalue weighted by atomic mass is 16.2. The number of hydrogen-bond donors (Lipinski definition) is 2. The average molecular weight is 375 g/mol. The van der Waals surface area contributed by atoms with Gasteiger partial charge in [-0.3, -0.25) is 14.4 Å². The van der Waals surface area contributed by atoms with Crippen LogP contribution in [-0.2, 0) is 16.0 Å². The Morgan fingerprint density at radius 2 is 2.00 bits per heavy atom. The Morgan fingerprint density at radius 3 is 2.75 bits per heavy atom. The number of carbonyl (C=O) groups is 3. The number of benzene rings is 2. The van der Waals surface area contributed by atoms with Crippen molar-refractivity contribution in [3.05, 3.63) is 59.2 Å². The van der Waals surface area contributed by atoms with Crippen LogP contribution in [0.1, 0.15) is 34.8 Å². The summed E-state index contributed by atoms with van der Waals surface area (Å²) in [6.07, 6.45) is 6.50.